The third-order valence-corrected chi connectivity index (χ3v) is 5.66. The molecular formula is C22H23N5O2. The number of benzene rings is 1. The van der Waals surface area contributed by atoms with Crippen LogP contribution in [0, 0.1) is 12.8 Å². The SMILES string of the molecule is Cc1ncnc2c1ccn2C1CC(C)C(COc2ccc3ccc(N)nc3c2)O1. The third-order valence-electron chi connectivity index (χ3n) is 5.66. The minimum atomic E-state index is -0.0523. The first-order valence-electron chi connectivity index (χ1n) is 9.81. The van der Waals surface area contributed by atoms with Crippen molar-refractivity contribution in [3.05, 3.63) is 54.6 Å². The third kappa shape index (κ3) is 3.27. The number of nitrogen functional groups attached to an aromatic ring is 1. The maximum absolute atomic E-state index is 6.34. The largest absolute Gasteiger partial charge is 0.491 e. The zero-order chi connectivity index (χ0) is 20.0. The van der Waals surface area contributed by atoms with Gasteiger partial charge in [-0.2, -0.15) is 0 Å². The van der Waals surface area contributed by atoms with Crippen molar-refractivity contribution in [2.24, 2.45) is 5.92 Å². The molecule has 5 rings (SSSR count). The number of pyridine rings is 1. The molecule has 0 spiro atoms. The Bertz CT molecular complexity index is 1190. The number of rotatable bonds is 4. The Kier molecular flexibility index (Phi) is 4.32. The molecular weight excluding hydrogens is 366 g/mol. The maximum atomic E-state index is 6.34. The summed E-state index contributed by atoms with van der Waals surface area (Å²) in [5.41, 5.74) is 8.51. The fraction of sp³-hybridized carbons (Fsp3) is 0.318. The summed E-state index contributed by atoms with van der Waals surface area (Å²) in [5.74, 6) is 1.64. The van der Waals surface area contributed by atoms with Gasteiger partial charge in [0.15, 0.2) is 0 Å². The van der Waals surface area contributed by atoms with E-state index in [9.17, 15) is 0 Å². The predicted molar refractivity (Wildman–Crippen MR) is 112 cm³/mol. The lowest BCUT2D eigenvalue weighted by atomic mass is 10.0. The lowest BCUT2D eigenvalue weighted by Gasteiger charge is -2.17. The summed E-state index contributed by atoms with van der Waals surface area (Å²) in [6.07, 6.45) is 4.50. The van der Waals surface area contributed by atoms with Crippen LogP contribution in [-0.2, 0) is 4.74 Å². The van der Waals surface area contributed by atoms with Crippen LogP contribution in [0.5, 0.6) is 5.75 Å². The van der Waals surface area contributed by atoms with Gasteiger partial charge in [-0.3, -0.25) is 0 Å². The van der Waals surface area contributed by atoms with Crippen molar-refractivity contribution in [2.75, 3.05) is 12.3 Å². The van der Waals surface area contributed by atoms with Crippen LogP contribution in [-0.4, -0.2) is 32.2 Å². The van der Waals surface area contributed by atoms with Crippen LogP contribution in [0.3, 0.4) is 0 Å². The second-order valence-corrected chi connectivity index (χ2v) is 7.66. The number of ether oxygens (including phenoxy) is 2. The highest BCUT2D eigenvalue weighted by molar-refractivity contribution is 5.81. The van der Waals surface area contributed by atoms with Crippen molar-refractivity contribution in [3.8, 4) is 5.75 Å². The zero-order valence-electron chi connectivity index (χ0n) is 16.4. The first-order valence-corrected chi connectivity index (χ1v) is 9.81. The van der Waals surface area contributed by atoms with E-state index in [0.29, 0.717) is 18.3 Å². The molecule has 0 radical (unpaired) electrons. The molecule has 3 aromatic heterocycles. The van der Waals surface area contributed by atoms with Crippen LogP contribution in [0.2, 0.25) is 0 Å². The van der Waals surface area contributed by atoms with Crippen molar-refractivity contribution in [2.45, 2.75) is 32.6 Å². The Morgan fingerprint density at radius 1 is 1.21 bits per heavy atom. The number of aryl methyl sites for hydroxylation is 1. The minimum absolute atomic E-state index is 0.00452. The Hall–Kier alpha value is -3.19. The topological polar surface area (TPSA) is 88.1 Å². The van der Waals surface area contributed by atoms with Crippen molar-refractivity contribution < 1.29 is 9.47 Å². The quantitative estimate of drug-likeness (QED) is 0.570. The van der Waals surface area contributed by atoms with E-state index in [1.807, 2.05) is 37.4 Å². The molecule has 7 nitrogen and oxygen atoms in total. The van der Waals surface area contributed by atoms with Crippen LogP contribution in [0.1, 0.15) is 25.3 Å². The van der Waals surface area contributed by atoms with E-state index < -0.39 is 0 Å². The molecule has 2 N–H and O–H groups in total. The molecule has 148 valence electrons. The van der Waals surface area contributed by atoms with E-state index in [-0.39, 0.29) is 12.3 Å². The first-order chi connectivity index (χ1) is 14.1. The highest BCUT2D eigenvalue weighted by Crippen LogP contribution is 2.35. The Morgan fingerprint density at radius 2 is 2.07 bits per heavy atom. The fourth-order valence-corrected chi connectivity index (χ4v) is 3.95. The smallest absolute Gasteiger partial charge is 0.145 e. The van der Waals surface area contributed by atoms with Crippen LogP contribution in [0.4, 0.5) is 5.82 Å². The van der Waals surface area contributed by atoms with E-state index >= 15 is 0 Å². The highest BCUT2D eigenvalue weighted by atomic mass is 16.6. The van der Waals surface area contributed by atoms with Gasteiger partial charge in [-0.25, -0.2) is 15.0 Å². The average Bonchev–Trinajstić information content (AvgIpc) is 3.30. The zero-order valence-corrected chi connectivity index (χ0v) is 16.4. The number of nitrogens with zero attached hydrogens (tertiary/aromatic N) is 4. The summed E-state index contributed by atoms with van der Waals surface area (Å²) in [7, 11) is 0. The molecule has 1 aromatic carbocycles. The summed E-state index contributed by atoms with van der Waals surface area (Å²) in [6, 6.07) is 11.7. The normalized spacial score (nSPS) is 21.8. The molecule has 1 saturated heterocycles. The predicted octanol–water partition coefficient (Wildman–Crippen LogP) is 3.87. The molecule has 1 fully saturated rings. The lowest BCUT2D eigenvalue weighted by molar-refractivity contribution is -0.0224. The average molecular weight is 389 g/mol. The highest BCUT2D eigenvalue weighted by Gasteiger charge is 2.34. The molecule has 1 aliphatic rings. The Morgan fingerprint density at radius 3 is 2.97 bits per heavy atom. The monoisotopic (exact) mass is 389 g/mol. The Balaban J connectivity index is 1.30. The summed E-state index contributed by atoms with van der Waals surface area (Å²) >= 11 is 0. The van der Waals surface area contributed by atoms with Gasteiger partial charge in [0.25, 0.3) is 0 Å². The van der Waals surface area contributed by atoms with E-state index in [1.165, 1.54) is 0 Å². The molecule has 0 aliphatic carbocycles. The molecule has 0 bridgehead atoms. The summed E-state index contributed by atoms with van der Waals surface area (Å²) < 4.78 is 14.5. The maximum Gasteiger partial charge on any atom is 0.145 e. The second kappa shape index (κ2) is 7.00. The van der Waals surface area contributed by atoms with Crippen LogP contribution in [0.15, 0.2) is 48.9 Å². The van der Waals surface area contributed by atoms with Gasteiger partial charge in [0, 0.05) is 23.0 Å². The van der Waals surface area contributed by atoms with Crippen molar-refractivity contribution in [1.29, 1.82) is 0 Å². The lowest BCUT2D eigenvalue weighted by Crippen LogP contribution is -2.23. The number of anilines is 1. The van der Waals surface area contributed by atoms with Gasteiger partial charge in [-0.15, -0.1) is 0 Å². The summed E-state index contributed by atoms with van der Waals surface area (Å²) in [4.78, 5) is 13.1. The molecule has 1 aliphatic heterocycles. The van der Waals surface area contributed by atoms with E-state index in [4.69, 9.17) is 15.2 Å². The second-order valence-electron chi connectivity index (χ2n) is 7.66. The van der Waals surface area contributed by atoms with Crippen LogP contribution < -0.4 is 10.5 Å². The van der Waals surface area contributed by atoms with Crippen LogP contribution in [0.25, 0.3) is 21.9 Å². The van der Waals surface area contributed by atoms with Crippen molar-refractivity contribution >= 4 is 27.8 Å². The minimum Gasteiger partial charge on any atom is -0.491 e. The molecule has 0 amide bonds. The molecule has 0 saturated carbocycles. The molecule has 7 heteroatoms. The number of hydrogen-bond donors (Lipinski definition) is 1. The van der Waals surface area contributed by atoms with Crippen LogP contribution >= 0.6 is 0 Å². The first kappa shape index (κ1) is 17.9. The van der Waals surface area contributed by atoms with E-state index in [0.717, 1.165) is 39.8 Å². The number of nitrogens with two attached hydrogens (primary N) is 1. The van der Waals surface area contributed by atoms with Gasteiger partial charge >= 0.3 is 0 Å². The fourth-order valence-electron chi connectivity index (χ4n) is 3.95. The molecule has 3 atom stereocenters. The van der Waals surface area contributed by atoms with Gasteiger partial charge in [-0.1, -0.05) is 6.92 Å². The number of hydrogen-bond acceptors (Lipinski definition) is 6. The number of aromatic nitrogens is 4. The summed E-state index contributed by atoms with van der Waals surface area (Å²) in [6.45, 7) is 4.68. The van der Waals surface area contributed by atoms with Gasteiger partial charge in [-0.05, 0) is 49.6 Å². The molecule has 29 heavy (non-hydrogen) atoms. The molecule has 4 heterocycles. The Labute approximate surface area is 168 Å². The van der Waals surface area contributed by atoms with E-state index in [2.05, 4.69) is 32.5 Å². The van der Waals surface area contributed by atoms with E-state index in [1.54, 1.807) is 12.4 Å². The number of fused-ring (bicyclic) bond motifs is 2. The van der Waals surface area contributed by atoms with Crippen molar-refractivity contribution in [1.82, 2.24) is 19.5 Å². The van der Waals surface area contributed by atoms with Gasteiger partial charge in [0.05, 0.1) is 17.3 Å². The molecule has 4 aromatic rings. The summed E-state index contributed by atoms with van der Waals surface area (Å²) in [5, 5.41) is 2.10. The standard InChI is InChI=1S/C22H23N5O2/c1-13-9-21(27-8-7-17-14(2)24-12-25-22(17)27)29-19(13)11-28-16-5-3-15-4-6-20(23)26-18(15)10-16/h3-8,10,12-13,19,21H,9,11H2,1-2H3,(H2,23,26). The van der Waals surface area contributed by atoms with Crippen molar-refractivity contribution in [3.63, 3.8) is 0 Å². The van der Waals surface area contributed by atoms with Gasteiger partial charge in [0.2, 0.25) is 0 Å². The van der Waals surface area contributed by atoms with Gasteiger partial charge in [0.1, 0.15) is 36.4 Å². The van der Waals surface area contributed by atoms with Gasteiger partial charge < -0.3 is 19.8 Å². The molecule has 3 unspecified atom stereocenters.